The largest absolute Gasteiger partial charge is 0.480 e. The maximum absolute atomic E-state index is 12.3. The third kappa shape index (κ3) is 5.73. The molecule has 2 heterocycles. The van der Waals surface area contributed by atoms with Crippen LogP contribution < -0.4 is 5.32 Å². The van der Waals surface area contributed by atoms with Gasteiger partial charge in [-0.25, -0.2) is 9.59 Å². The molecule has 9 nitrogen and oxygen atoms in total. The number of hydrogen-bond donors (Lipinski definition) is 2. The first-order chi connectivity index (χ1) is 12.7. The van der Waals surface area contributed by atoms with E-state index in [0.717, 1.165) is 12.8 Å². The average molecular weight is 399 g/mol. The highest BCUT2D eigenvalue weighted by Crippen LogP contribution is 2.26. The Kier molecular flexibility index (Phi) is 6.18. The highest BCUT2D eigenvalue weighted by molar-refractivity contribution is 5.84. The van der Waals surface area contributed by atoms with Crippen molar-refractivity contribution in [1.29, 1.82) is 0 Å². The number of ether oxygens (including phenoxy) is 2. The molecule has 0 spiro atoms. The van der Waals surface area contributed by atoms with Crippen LogP contribution in [0.2, 0.25) is 0 Å². The molecule has 0 saturated carbocycles. The van der Waals surface area contributed by atoms with Crippen LogP contribution in [-0.2, 0) is 14.3 Å². The van der Waals surface area contributed by atoms with E-state index in [1.807, 2.05) is 20.8 Å². The zero-order valence-electron chi connectivity index (χ0n) is 17.7. The Morgan fingerprint density at radius 1 is 0.964 bits per heavy atom. The molecule has 160 valence electrons. The van der Waals surface area contributed by atoms with Crippen molar-refractivity contribution in [3.8, 4) is 0 Å². The minimum Gasteiger partial charge on any atom is -0.480 e. The number of nitrogens with one attached hydrogen (secondary N) is 1. The van der Waals surface area contributed by atoms with Gasteiger partial charge in [0.15, 0.2) is 5.54 Å². The Balaban J connectivity index is 1.95. The molecule has 2 amide bonds. The molecule has 0 aromatic heterocycles. The van der Waals surface area contributed by atoms with Crippen LogP contribution in [0, 0.1) is 0 Å². The van der Waals surface area contributed by atoms with E-state index in [0.29, 0.717) is 13.1 Å². The zero-order valence-corrected chi connectivity index (χ0v) is 17.7. The van der Waals surface area contributed by atoms with Crippen LogP contribution >= 0.6 is 0 Å². The summed E-state index contributed by atoms with van der Waals surface area (Å²) in [5, 5.41) is 12.9. The van der Waals surface area contributed by atoms with Gasteiger partial charge in [-0.15, -0.1) is 0 Å². The number of rotatable bonds is 3. The van der Waals surface area contributed by atoms with Crippen LogP contribution in [0.1, 0.15) is 54.4 Å². The van der Waals surface area contributed by atoms with Crippen molar-refractivity contribution in [3.63, 3.8) is 0 Å². The van der Waals surface area contributed by atoms with Crippen molar-refractivity contribution in [2.24, 2.45) is 0 Å². The summed E-state index contributed by atoms with van der Waals surface area (Å²) in [6, 6.07) is -0.182. The summed E-state index contributed by atoms with van der Waals surface area (Å²) in [6.45, 7) is 11.7. The first kappa shape index (κ1) is 22.3. The highest BCUT2D eigenvalue weighted by Gasteiger charge is 2.53. The highest BCUT2D eigenvalue weighted by atomic mass is 16.6. The lowest BCUT2D eigenvalue weighted by atomic mass is 9.88. The number of carboxylic acid groups (broad SMARTS) is 1. The summed E-state index contributed by atoms with van der Waals surface area (Å²) in [5.74, 6) is -1.01. The van der Waals surface area contributed by atoms with E-state index in [9.17, 15) is 19.5 Å². The molecule has 0 aromatic carbocycles. The first-order valence-electron chi connectivity index (χ1n) is 9.68. The second kappa shape index (κ2) is 7.77. The quantitative estimate of drug-likeness (QED) is 0.748. The van der Waals surface area contributed by atoms with Crippen LogP contribution in [-0.4, -0.2) is 82.0 Å². The van der Waals surface area contributed by atoms with Gasteiger partial charge in [0, 0.05) is 19.1 Å². The number of hydrogen-bond acceptors (Lipinski definition) is 6. The van der Waals surface area contributed by atoms with Gasteiger partial charge in [-0.1, -0.05) is 0 Å². The minimum atomic E-state index is -1.22. The molecule has 1 unspecified atom stereocenters. The standard InChI is InChI=1S/C19H33N3O6/c1-17(2,3)27-15(25)21-9-7-8-13(10-21)20-19(14(23)24)11-22(12-19)16(26)28-18(4,5)6/h13,20H,7-12H2,1-6H3,(H,23,24). The number of carboxylic acids is 1. The number of likely N-dealkylation sites (tertiary alicyclic amines) is 2. The van der Waals surface area contributed by atoms with Crippen LogP contribution in [0.5, 0.6) is 0 Å². The average Bonchev–Trinajstić information content (AvgIpc) is 2.46. The van der Waals surface area contributed by atoms with Crippen LogP contribution in [0.3, 0.4) is 0 Å². The van der Waals surface area contributed by atoms with Gasteiger partial charge in [-0.2, -0.15) is 0 Å². The fourth-order valence-corrected chi connectivity index (χ4v) is 3.33. The van der Waals surface area contributed by atoms with E-state index < -0.39 is 34.9 Å². The van der Waals surface area contributed by atoms with Gasteiger partial charge in [-0.05, 0) is 54.4 Å². The maximum Gasteiger partial charge on any atom is 0.410 e. The molecule has 2 aliphatic heterocycles. The number of aliphatic carboxylic acids is 1. The van der Waals surface area contributed by atoms with E-state index in [2.05, 4.69) is 5.32 Å². The lowest BCUT2D eigenvalue weighted by Crippen LogP contribution is -2.76. The molecule has 2 fully saturated rings. The summed E-state index contributed by atoms with van der Waals surface area (Å²) in [6.07, 6.45) is 0.584. The maximum atomic E-state index is 12.3. The van der Waals surface area contributed by atoms with Crippen LogP contribution in [0.4, 0.5) is 9.59 Å². The second-order valence-electron chi connectivity index (χ2n) is 9.63. The Morgan fingerprint density at radius 3 is 1.93 bits per heavy atom. The Labute approximate surface area is 166 Å². The number of piperidine rings is 1. The summed E-state index contributed by atoms with van der Waals surface area (Å²) in [4.78, 5) is 39.3. The van der Waals surface area contributed by atoms with Crippen molar-refractivity contribution in [3.05, 3.63) is 0 Å². The summed E-state index contributed by atoms with van der Waals surface area (Å²) in [7, 11) is 0. The van der Waals surface area contributed by atoms with Crippen molar-refractivity contribution in [2.45, 2.75) is 77.2 Å². The van der Waals surface area contributed by atoms with E-state index in [1.54, 1.807) is 25.7 Å². The molecule has 0 aromatic rings. The van der Waals surface area contributed by atoms with Gasteiger partial charge >= 0.3 is 18.2 Å². The third-order valence-corrected chi connectivity index (χ3v) is 4.54. The number of amides is 2. The molecule has 0 bridgehead atoms. The monoisotopic (exact) mass is 399 g/mol. The zero-order chi connectivity index (χ0) is 21.3. The van der Waals surface area contributed by atoms with E-state index in [1.165, 1.54) is 4.90 Å². The molecule has 28 heavy (non-hydrogen) atoms. The van der Waals surface area contributed by atoms with Crippen molar-refractivity contribution in [1.82, 2.24) is 15.1 Å². The van der Waals surface area contributed by atoms with E-state index in [-0.39, 0.29) is 19.1 Å². The number of carbonyl (C=O) groups is 3. The molecule has 9 heteroatoms. The van der Waals surface area contributed by atoms with Crippen LogP contribution in [0.25, 0.3) is 0 Å². The van der Waals surface area contributed by atoms with Gasteiger partial charge in [0.05, 0.1) is 13.1 Å². The molecule has 0 aliphatic carbocycles. The van der Waals surface area contributed by atoms with Gasteiger partial charge in [0.25, 0.3) is 0 Å². The van der Waals surface area contributed by atoms with E-state index in [4.69, 9.17) is 9.47 Å². The first-order valence-corrected chi connectivity index (χ1v) is 9.68. The molecular weight excluding hydrogens is 366 g/mol. The fraction of sp³-hybridized carbons (Fsp3) is 0.842. The molecule has 1 atom stereocenters. The fourth-order valence-electron chi connectivity index (χ4n) is 3.33. The van der Waals surface area contributed by atoms with Crippen LogP contribution in [0.15, 0.2) is 0 Å². The smallest absolute Gasteiger partial charge is 0.410 e. The SMILES string of the molecule is CC(C)(C)OC(=O)N1CCCC(NC2(C(=O)O)CN(C(=O)OC(C)(C)C)C2)C1. The summed E-state index contributed by atoms with van der Waals surface area (Å²) < 4.78 is 10.7. The number of carbonyl (C=O) groups excluding carboxylic acids is 2. The van der Waals surface area contributed by atoms with Gasteiger partial charge in [0.2, 0.25) is 0 Å². The minimum absolute atomic E-state index is 0.0280. The Bertz CT molecular complexity index is 616. The molecule has 2 N–H and O–H groups in total. The van der Waals surface area contributed by atoms with Gasteiger partial charge < -0.3 is 24.4 Å². The normalized spacial score (nSPS) is 22.3. The molecule has 2 saturated heterocycles. The second-order valence-corrected chi connectivity index (χ2v) is 9.63. The predicted octanol–water partition coefficient (Wildman–Crippen LogP) is 2.05. The Hall–Kier alpha value is -2.03. The van der Waals surface area contributed by atoms with Crippen molar-refractivity contribution >= 4 is 18.2 Å². The number of nitrogens with zero attached hydrogens (tertiary/aromatic N) is 2. The lowest BCUT2D eigenvalue weighted by molar-refractivity contribution is -0.153. The van der Waals surface area contributed by atoms with Gasteiger partial charge in [-0.3, -0.25) is 10.1 Å². The summed E-state index contributed by atoms with van der Waals surface area (Å²) >= 11 is 0. The topological polar surface area (TPSA) is 108 Å². The van der Waals surface area contributed by atoms with Gasteiger partial charge in [0.1, 0.15) is 11.2 Å². The lowest BCUT2D eigenvalue weighted by Gasteiger charge is -2.49. The molecule has 2 aliphatic rings. The Morgan fingerprint density at radius 2 is 1.46 bits per heavy atom. The van der Waals surface area contributed by atoms with Crippen molar-refractivity contribution in [2.75, 3.05) is 26.2 Å². The summed E-state index contributed by atoms with van der Waals surface area (Å²) in [5.41, 5.74) is -2.44. The third-order valence-electron chi connectivity index (χ3n) is 4.54. The molecule has 0 radical (unpaired) electrons. The molecular formula is C19H33N3O6. The predicted molar refractivity (Wildman–Crippen MR) is 102 cm³/mol. The molecule has 2 rings (SSSR count). The van der Waals surface area contributed by atoms with Crippen molar-refractivity contribution < 1.29 is 29.0 Å². The van der Waals surface area contributed by atoms with E-state index >= 15 is 0 Å².